The molecule has 5 aromatic rings. The van der Waals surface area contributed by atoms with Crippen LogP contribution >= 0.6 is 46.3 Å². The minimum absolute atomic E-state index is 0.189. The van der Waals surface area contributed by atoms with E-state index in [1.807, 2.05) is 47.8 Å². The van der Waals surface area contributed by atoms with Crippen LogP contribution in [-0.4, -0.2) is 25.7 Å². The lowest BCUT2D eigenvalue weighted by molar-refractivity contribution is -0.115. The second-order valence-corrected chi connectivity index (χ2v) is 10.8. The second kappa shape index (κ2) is 10.4. The predicted molar refractivity (Wildman–Crippen MR) is 149 cm³/mol. The summed E-state index contributed by atoms with van der Waals surface area (Å²) < 4.78 is 1.54. The van der Waals surface area contributed by atoms with E-state index in [9.17, 15) is 9.59 Å². The smallest absolute Gasteiger partial charge is 0.266 e. The molecule has 1 unspecified atom stereocenters. The average Bonchev–Trinajstić information content (AvgIpc) is 3.32. The van der Waals surface area contributed by atoms with Gasteiger partial charge >= 0.3 is 0 Å². The molecular weight excluding hydrogens is 535 g/mol. The fourth-order valence-corrected chi connectivity index (χ4v) is 5.71. The zero-order chi connectivity index (χ0) is 25.2. The molecule has 1 amide bonds. The highest BCUT2D eigenvalue weighted by Gasteiger charge is 2.21. The van der Waals surface area contributed by atoms with Crippen molar-refractivity contribution in [3.05, 3.63) is 98.6 Å². The highest BCUT2D eigenvalue weighted by molar-refractivity contribution is 8.00. The van der Waals surface area contributed by atoms with Gasteiger partial charge in [0.15, 0.2) is 10.3 Å². The van der Waals surface area contributed by atoms with Gasteiger partial charge in [0.05, 0.1) is 32.6 Å². The SMILES string of the molecule is CC(Sc1nc2ccccc2c(=O)n1-c1ccccc1)C(=O)Nc1nc(-c2ccc(Cl)cc2Cl)cs1. The summed E-state index contributed by atoms with van der Waals surface area (Å²) in [5.74, 6) is -0.259. The van der Waals surface area contributed by atoms with Crippen molar-refractivity contribution in [1.29, 1.82) is 0 Å². The van der Waals surface area contributed by atoms with E-state index in [1.54, 1.807) is 41.8 Å². The minimum Gasteiger partial charge on any atom is -0.301 e. The van der Waals surface area contributed by atoms with Gasteiger partial charge in [0.25, 0.3) is 5.56 Å². The van der Waals surface area contributed by atoms with Crippen LogP contribution in [0, 0.1) is 0 Å². The van der Waals surface area contributed by atoms with Crippen LogP contribution in [0.2, 0.25) is 10.0 Å². The number of hydrogen-bond acceptors (Lipinski definition) is 6. The molecule has 6 nitrogen and oxygen atoms in total. The number of fused-ring (bicyclic) bond motifs is 1. The van der Waals surface area contributed by atoms with Crippen LogP contribution in [0.25, 0.3) is 27.8 Å². The number of thiazole rings is 1. The molecule has 2 heterocycles. The van der Waals surface area contributed by atoms with Crippen LogP contribution in [0.4, 0.5) is 5.13 Å². The van der Waals surface area contributed by atoms with Crippen LogP contribution in [0.15, 0.2) is 88.1 Å². The number of carbonyl (C=O) groups excluding carboxylic acids is 1. The van der Waals surface area contributed by atoms with Crippen molar-refractivity contribution < 1.29 is 4.79 Å². The van der Waals surface area contributed by atoms with E-state index in [-0.39, 0.29) is 11.5 Å². The molecule has 2 aromatic heterocycles. The maximum atomic E-state index is 13.4. The summed E-state index contributed by atoms with van der Waals surface area (Å²) in [5, 5.41) is 6.53. The van der Waals surface area contributed by atoms with Crippen molar-refractivity contribution >= 4 is 68.2 Å². The van der Waals surface area contributed by atoms with E-state index < -0.39 is 5.25 Å². The summed E-state index contributed by atoms with van der Waals surface area (Å²) >= 11 is 14.8. The second-order valence-electron chi connectivity index (χ2n) is 7.80. The largest absolute Gasteiger partial charge is 0.301 e. The van der Waals surface area contributed by atoms with Gasteiger partial charge in [-0.05, 0) is 49.4 Å². The highest BCUT2D eigenvalue weighted by atomic mass is 35.5. The fourth-order valence-electron chi connectivity index (χ4n) is 3.57. The summed E-state index contributed by atoms with van der Waals surface area (Å²) in [6.07, 6.45) is 0. The molecule has 0 aliphatic heterocycles. The number of anilines is 1. The van der Waals surface area contributed by atoms with E-state index in [0.29, 0.717) is 42.6 Å². The summed E-state index contributed by atoms with van der Waals surface area (Å²) in [4.78, 5) is 35.6. The molecule has 0 saturated heterocycles. The van der Waals surface area contributed by atoms with Crippen molar-refractivity contribution in [3.63, 3.8) is 0 Å². The Morgan fingerprint density at radius 3 is 2.56 bits per heavy atom. The molecule has 0 saturated carbocycles. The Labute approximate surface area is 224 Å². The third kappa shape index (κ3) is 5.03. The predicted octanol–water partition coefficient (Wildman–Crippen LogP) is 6.94. The normalized spacial score (nSPS) is 12.0. The first-order valence-corrected chi connectivity index (χ1v) is 13.4. The van der Waals surface area contributed by atoms with Gasteiger partial charge in [-0.25, -0.2) is 9.97 Å². The fraction of sp³-hybridized carbons (Fsp3) is 0.0769. The van der Waals surface area contributed by atoms with Crippen LogP contribution in [0.1, 0.15) is 6.92 Å². The lowest BCUT2D eigenvalue weighted by Gasteiger charge is -2.16. The zero-order valence-electron chi connectivity index (χ0n) is 18.8. The minimum atomic E-state index is -0.556. The van der Waals surface area contributed by atoms with Crippen molar-refractivity contribution in [2.24, 2.45) is 0 Å². The molecule has 1 N–H and O–H groups in total. The number of nitrogens with one attached hydrogen (secondary N) is 1. The Morgan fingerprint density at radius 2 is 1.78 bits per heavy atom. The zero-order valence-corrected chi connectivity index (χ0v) is 22.0. The molecule has 0 fully saturated rings. The number of nitrogens with zero attached hydrogens (tertiary/aromatic N) is 3. The Kier molecular flexibility index (Phi) is 7.11. The molecule has 5 rings (SSSR count). The van der Waals surface area contributed by atoms with Crippen LogP contribution < -0.4 is 10.9 Å². The number of aromatic nitrogens is 3. The number of rotatable bonds is 6. The van der Waals surface area contributed by atoms with E-state index in [0.717, 1.165) is 5.56 Å². The Balaban J connectivity index is 1.41. The maximum absolute atomic E-state index is 13.4. The third-order valence-corrected chi connectivity index (χ3v) is 7.71. The van der Waals surface area contributed by atoms with Gasteiger partial charge in [-0.1, -0.05) is 65.3 Å². The van der Waals surface area contributed by atoms with Gasteiger partial charge < -0.3 is 5.32 Å². The van der Waals surface area contributed by atoms with Crippen molar-refractivity contribution in [3.8, 4) is 16.9 Å². The number of amides is 1. The maximum Gasteiger partial charge on any atom is 0.266 e. The van der Waals surface area contributed by atoms with Gasteiger partial charge in [0.1, 0.15) is 0 Å². The summed E-state index contributed by atoms with van der Waals surface area (Å²) in [6, 6.07) is 21.6. The number of halogens is 2. The van der Waals surface area contributed by atoms with E-state index in [4.69, 9.17) is 28.2 Å². The summed E-state index contributed by atoms with van der Waals surface area (Å²) in [5.41, 5.74) is 2.44. The Bertz CT molecular complexity index is 1640. The van der Waals surface area contributed by atoms with Crippen LogP contribution in [-0.2, 0) is 4.79 Å². The molecule has 36 heavy (non-hydrogen) atoms. The Morgan fingerprint density at radius 1 is 1.03 bits per heavy atom. The Hall–Kier alpha value is -3.17. The quantitative estimate of drug-likeness (QED) is 0.182. The first-order valence-electron chi connectivity index (χ1n) is 10.9. The molecular formula is C26H18Cl2N4O2S2. The van der Waals surface area contributed by atoms with Gasteiger partial charge in [0, 0.05) is 16.0 Å². The van der Waals surface area contributed by atoms with E-state index in [2.05, 4.69) is 10.3 Å². The molecule has 0 aliphatic carbocycles. The molecule has 180 valence electrons. The summed E-state index contributed by atoms with van der Waals surface area (Å²) in [6.45, 7) is 1.77. The van der Waals surface area contributed by atoms with E-state index in [1.165, 1.54) is 23.1 Å². The molecule has 0 bridgehead atoms. The standard InChI is InChI=1S/C26H18Cl2N4O2S2/c1-15(23(33)31-25-29-22(14-35-25)18-12-11-16(27)13-20(18)28)36-26-30-21-10-6-5-9-19(21)24(34)32(26)17-7-3-2-4-8-17/h2-15H,1H3,(H,29,31,33). The number of thioether (sulfide) groups is 1. The van der Waals surface area contributed by atoms with Gasteiger partial charge in [-0.3, -0.25) is 14.2 Å². The molecule has 0 spiro atoms. The van der Waals surface area contributed by atoms with Crippen molar-refractivity contribution in [1.82, 2.24) is 14.5 Å². The van der Waals surface area contributed by atoms with E-state index >= 15 is 0 Å². The molecule has 0 radical (unpaired) electrons. The third-order valence-electron chi connectivity index (χ3n) is 5.35. The molecule has 10 heteroatoms. The average molecular weight is 553 g/mol. The van der Waals surface area contributed by atoms with Crippen molar-refractivity contribution in [2.45, 2.75) is 17.3 Å². The topological polar surface area (TPSA) is 76.9 Å². The summed E-state index contributed by atoms with van der Waals surface area (Å²) in [7, 11) is 0. The monoisotopic (exact) mass is 552 g/mol. The first kappa shape index (κ1) is 24.5. The van der Waals surface area contributed by atoms with Crippen molar-refractivity contribution in [2.75, 3.05) is 5.32 Å². The highest BCUT2D eigenvalue weighted by Crippen LogP contribution is 2.33. The molecule has 1 atom stereocenters. The molecule has 3 aromatic carbocycles. The lowest BCUT2D eigenvalue weighted by Crippen LogP contribution is -2.26. The first-order chi connectivity index (χ1) is 17.4. The van der Waals surface area contributed by atoms with Gasteiger partial charge in [-0.15, -0.1) is 11.3 Å². The number of para-hydroxylation sites is 2. The van der Waals surface area contributed by atoms with Crippen LogP contribution in [0.3, 0.4) is 0 Å². The van der Waals surface area contributed by atoms with Crippen LogP contribution in [0.5, 0.6) is 0 Å². The number of carbonyl (C=O) groups is 1. The van der Waals surface area contributed by atoms with Gasteiger partial charge in [-0.2, -0.15) is 0 Å². The van der Waals surface area contributed by atoms with Gasteiger partial charge in [0.2, 0.25) is 5.91 Å². The number of hydrogen-bond donors (Lipinski definition) is 1. The lowest BCUT2D eigenvalue weighted by atomic mass is 10.2. The number of benzene rings is 3. The molecule has 0 aliphatic rings.